The third-order valence-corrected chi connectivity index (χ3v) is 5.44. The number of fused-ring (bicyclic) bond motifs is 1. The molecule has 1 aliphatic carbocycles. The molecule has 1 aliphatic rings. The summed E-state index contributed by atoms with van der Waals surface area (Å²) in [5, 5.41) is 3.68. The van der Waals surface area contributed by atoms with Crippen LogP contribution in [0.1, 0.15) is 11.5 Å². The van der Waals surface area contributed by atoms with E-state index in [2.05, 4.69) is 10.3 Å². The average molecular weight is 380 g/mol. The number of nitrogens with zero attached hydrogens (tertiary/aromatic N) is 1. The van der Waals surface area contributed by atoms with Gasteiger partial charge in [-0.3, -0.25) is 0 Å². The number of hydrogen-bond acceptors (Lipinski definition) is 5. The second-order valence-electron chi connectivity index (χ2n) is 6.27. The van der Waals surface area contributed by atoms with E-state index < -0.39 is 11.5 Å². The molecule has 4 rings (SSSR count). The molecule has 136 valence electrons. The molecule has 0 bridgehead atoms. The maximum atomic E-state index is 13.4. The lowest BCUT2D eigenvalue weighted by atomic mass is 9.86. The van der Waals surface area contributed by atoms with E-state index >= 15 is 0 Å². The van der Waals surface area contributed by atoms with Crippen molar-refractivity contribution in [2.24, 2.45) is 0 Å². The van der Waals surface area contributed by atoms with Gasteiger partial charge in [0.1, 0.15) is 5.82 Å². The van der Waals surface area contributed by atoms with Gasteiger partial charge in [0.25, 0.3) is 0 Å². The van der Waals surface area contributed by atoms with Crippen LogP contribution in [0.4, 0.5) is 9.52 Å². The molecule has 0 atom stereocenters. The van der Waals surface area contributed by atoms with Crippen LogP contribution in [0.2, 0.25) is 0 Å². The molecular weight excluding hydrogens is 363 g/mol. The number of aromatic nitrogens is 1. The van der Waals surface area contributed by atoms with Gasteiger partial charge in [0, 0.05) is 5.92 Å². The minimum atomic E-state index is -1.15. The topological polar surface area (TPSA) is 51.2 Å². The first-order valence-corrected chi connectivity index (χ1v) is 9.28. The van der Waals surface area contributed by atoms with Gasteiger partial charge in [-0.05, 0) is 35.9 Å². The van der Waals surface area contributed by atoms with Crippen LogP contribution in [0.15, 0.2) is 72.8 Å². The average Bonchev–Trinajstić information content (AvgIpc) is 3.09. The number of allylic oxidation sites excluding steroid dienone is 2. The number of methoxy groups -OCH3 is 1. The molecule has 0 amide bonds. The Balaban J connectivity index is 1.65. The SMILES string of the molecule is COC(=O)C1(Nc2nc3ccc(F)cc3s2)C=CC(c2ccccc2)C=C1. The monoisotopic (exact) mass is 380 g/mol. The molecule has 0 radical (unpaired) electrons. The van der Waals surface area contributed by atoms with Crippen LogP contribution >= 0.6 is 11.3 Å². The minimum Gasteiger partial charge on any atom is -0.467 e. The van der Waals surface area contributed by atoms with Crippen molar-refractivity contribution >= 4 is 32.7 Å². The fraction of sp³-hybridized carbons (Fsp3) is 0.143. The van der Waals surface area contributed by atoms with E-state index in [1.54, 1.807) is 18.2 Å². The zero-order valence-corrected chi connectivity index (χ0v) is 15.4. The highest BCUT2D eigenvalue weighted by Gasteiger charge is 2.37. The van der Waals surface area contributed by atoms with E-state index in [4.69, 9.17) is 4.74 Å². The summed E-state index contributed by atoms with van der Waals surface area (Å²) in [5.74, 6) is -0.675. The molecule has 0 saturated carbocycles. The molecule has 0 unspecified atom stereocenters. The van der Waals surface area contributed by atoms with Crippen LogP contribution in [0.3, 0.4) is 0 Å². The predicted octanol–water partition coefficient (Wildman–Crippen LogP) is 4.67. The number of thiazole rings is 1. The van der Waals surface area contributed by atoms with Gasteiger partial charge in [-0.25, -0.2) is 14.2 Å². The second kappa shape index (κ2) is 6.96. The van der Waals surface area contributed by atoms with E-state index in [1.807, 2.05) is 42.5 Å². The Morgan fingerprint density at radius 3 is 2.63 bits per heavy atom. The smallest absolute Gasteiger partial charge is 0.339 e. The lowest BCUT2D eigenvalue weighted by molar-refractivity contribution is -0.142. The fourth-order valence-corrected chi connectivity index (χ4v) is 4.06. The van der Waals surface area contributed by atoms with Gasteiger partial charge in [0.05, 0.1) is 17.3 Å². The number of carbonyl (C=O) groups excluding carboxylic acids is 1. The van der Waals surface area contributed by atoms with Gasteiger partial charge in [-0.2, -0.15) is 0 Å². The highest BCUT2D eigenvalue weighted by Crippen LogP contribution is 2.33. The Morgan fingerprint density at radius 2 is 1.93 bits per heavy atom. The highest BCUT2D eigenvalue weighted by atomic mass is 32.1. The van der Waals surface area contributed by atoms with Gasteiger partial charge < -0.3 is 10.1 Å². The molecule has 0 fully saturated rings. The van der Waals surface area contributed by atoms with Gasteiger partial charge in [0.15, 0.2) is 10.7 Å². The number of carbonyl (C=O) groups is 1. The Bertz CT molecular complexity index is 1030. The third-order valence-electron chi connectivity index (χ3n) is 4.50. The molecule has 4 nitrogen and oxygen atoms in total. The quantitative estimate of drug-likeness (QED) is 0.528. The summed E-state index contributed by atoms with van der Waals surface area (Å²) in [6, 6.07) is 14.4. The Morgan fingerprint density at radius 1 is 1.19 bits per heavy atom. The van der Waals surface area contributed by atoms with Gasteiger partial charge in [0.2, 0.25) is 0 Å². The Labute approximate surface area is 160 Å². The summed E-state index contributed by atoms with van der Waals surface area (Å²) in [7, 11) is 1.35. The third kappa shape index (κ3) is 3.36. The van der Waals surface area contributed by atoms with Crippen molar-refractivity contribution < 1.29 is 13.9 Å². The number of halogens is 1. The second-order valence-corrected chi connectivity index (χ2v) is 7.30. The van der Waals surface area contributed by atoms with Gasteiger partial charge in [-0.15, -0.1) is 0 Å². The molecule has 6 heteroatoms. The van der Waals surface area contributed by atoms with Crippen molar-refractivity contribution in [3.8, 4) is 0 Å². The van der Waals surface area contributed by atoms with Gasteiger partial charge >= 0.3 is 5.97 Å². The van der Waals surface area contributed by atoms with Crippen LogP contribution in [0.25, 0.3) is 10.2 Å². The van der Waals surface area contributed by atoms with E-state index in [0.29, 0.717) is 15.3 Å². The number of benzene rings is 2. The van der Waals surface area contributed by atoms with Crippen molar-refractivity contribution in [2.45, 2.75) is 11.5 Å². The summed E-state index contributed by atoms with van der Waals surface area (Å²) >= 11 is 1.29. The zero-order chi connectivity index (χ0) is 18.9. The van der Waals surface area contributed by atoms with Crippen molar-refractivity contribution in [2.75, 3.05) is 12.4 Å². The maximum Gasteiger partial charge on any atom is 0.339 e. The molecule has 27 heavy (non-hydrogen) atoms. The lowest BCUT2D eigenvalue weighted by Crippen LogP contribution is -2.44. The first-order valence-electron chi connectivity index (χ1n) is 8.46. The van der Waals surface area contributed by atoms with Crippen LogP contribution in [-0.2, 0) is 9.53 Å². The summed E-state index contributed by atoms with van der Waals surface area (Å²) in [6.07, 6.45) is 7.52. The molecule has 3 aromatic rings. The molecule has 2 aromatic carbocycles. The molecule has 1 heterocycles. The molecular formula is C21H17FN2O2S. The first kappa shape index (κ1) is 17.4. The van der Waals surface area contributed by atoms with Crippen LogP contribution in [0.5, 0.6) is 0 Å². The van der Waals surface area contributed by atoms with E-state index in [-0.39, 0.29) is 11.7 Å². The van der Waals surface area contributed by atoms with Crippen molar-refractivity contribution in [1.29, 1.82) is 0 Å². The van der Waals surface area contributed by atoms with Crippen molar-refractivity contribution in [1.82, 2.24) is 4.98 Å². The standard InChI is InChI=1S/C21H17FN2O2S/c1-26-19(25)21(11-9-15(10-12-21)14-5-3-2-4-6-14)24-20-23-17-8-7-16(22)13-18(17)27-20/h2-13,15H,1H3,(H,23,24). The first-order chi connectivity index (χ1) is 13.1. The Kier molecular flexibility index (Phi) is 4.49. The molecule has 1 N–H and O–H groups in total. The highest BCUT2D eigenvalue weighted by molar-refractivity contribution is 7.22. The predicted molar refractivity (Wildman–Crippen MR) is 105 cm³/mol. The summed E-state index contributed by atoms with van der Waals surface area (Å²) in [4.78, 5) is 17.0. The summed E-state index contributed by atoms with van der Waals surface area (Å²) in [5.41, 5.74) is 0.667. The normalized spacial score (nSPS) is 21.3. The number of nitrogens with one attached hydrogen (secondary N) is 1. The summed E-state index contributed by atoms with van der Waals surface area (Å²) < 4.78 is 19.2. The lowest BCUT2D eigenvalue weighted by Gasteiger charge is -2.29. The fourth-order valence-electron chi connectivity index (χ4n) is 3.10. The molecule has 0 aliphatic heterocycles. The van der Waals surface area contributed by atoms with E-state index in [9.17, 15) is 9.18 Å². The molecule has 0 saturated heterocycles. The number of esters is 1. The summed E-state index contributed by atoms with van der Waals surface area (Å²) in [6.45, 7) is 0. The van der Waals surface area contributed by atoms with Gasteiger partial charge in [-0.1, -0.05) is 53.8 Å². The number of rotatable bonds is 4. The van der Waals surface area contributed by atoms with Crippen LogP contribution in [-0.4, -0.2) is 23.6 Å². The van der Waals surface area contributed by atoms with Crippen LogP contribution in [0, 0.1) is 5.82 Å². The number of anilines is 1. The van der Waals surface area contributed by atoms with Crippen molar-refractivity contribution in [3.05, 3.63) is 84.2 Å². The Hall–Kier alpha value is -2.99. The molecule has 1 aromatic heterocycles. The minimum absolute atomic E-state index is 0.0789. The van der Waals surface area contributed by atoms with E-state index in [1.165, 1.54) is 30.6 Å². The molecule has 0 spiro atoms. The van der Waals surface area contributed by atoms with E-state index in [0.717, 1.165) is 5.56 Å². The number of ether oxygens (including phenoxy) is 1. The largest absolute Gasteiger partial charge is 0.467 e. The van der Waals surface area contributed by atoms with Crippen molar-refractivity contribution in [3.63, 3.8) is 0 Å². The zero-order valence-electron chi connectivity index (χ0n) is 14.6. The number of hydrogen-bond donors (Lipinski definition) is 1. The van der Waals surface area contributed by atoms with Crippen LogP contribution < -0.4 is 5.32 Å². The maximum absolute atomic E-state index is 13.4.